The Morgan fingerprint density at radius 1 is 1.00 bits per heavy atom. The lowest BCUT2D eigenvalue weighted by Gasteiger charge is -2.22. The molecule has 0 fully saturated rings. The number of nitrogens with one attached hydrogen (secondary N) is 1. The van der Waals surface area contributed by atoms with Crippen LogP contribution in [0.5, 0.6) is 17.2 Å². The van der Waals surface area contributed by atoms with Crippen LogP contribution in [-0.2, 0) is 0 Å². The van der Waals surface area contributed by atoms with Gasteiger partial charge in [0.2, 0.25) is 5.75 Å². The highest BCUT2D eigenvalue weighted by Gasteiger charge is 2.17. The van der Waals surface area contributed by atoms with E-state index in [0.717, 1.165) is 18.5 Å². The smallest absolute Gasteiger partial charge is 0.203 e. The van der Waals surface area contributed by atoms with Crippen molar-refractivity contribution in [2.24, 2.45) is 5.41 Å². The SMILES string of the molecule is COc1cc(C(C)NCCC(C)(C)C)cc(OC)c1OC. The summed E-state index contributed by atoms with van der Waals surface area (Å²) in [5.41, 5.74) is 1.46. The Morgan fingerprint density at radius 2 is 1.52 bits per heavy atom. The second-order valence-electron chi connectivity index (χ2n) is 6.45. The first-order valence-corrected chi connectivity index (χ1v) is 7.35. The molecule has 1 aromatic rings. The molecule has 4 heteroatoms. The average molecular weight is 295 g/mol. The van der Waals surface area contributed by atoms with Crippen LogP contribution in [0.2, 0.25) is 0 Å². The molecule has 0 aliphatic carbocycles. The molecular weight excluding hydrogens is 266 g/mol. The molecule has 0 amide bonds. The highest BCUT2D eigenvalue weighted by Crippen LogP contribution is 2.39. The molecule has 4 nitrogen and oxygen atoms in total. The molecule has 1 rings (SSSR count). The normalized spacial score (nSPS) is 12.9. The quantitative estimate of drug-likeness (QED) is 0.830. The first-order valence-electron chi connectivity index (χ1n) is 7.35. The Bertz CT molecular complexity index is 427. The Balaban J connectivity index is 2.87. The zero-order valence-electron chi connectivity index (χ0n) is 14.4. The number of hydrogen-bond donors (Lipinski definition) is 1. The van der Waals surface area contributed by atoms with E-state index >= 15 is 0 Å². The van der Waals surface area contributed by atoms with Crippen LogP contribution in [0.25, 0.3) is 0 Å². The van der Waals surface area contributed by atoms with Crippen LogP contribution < -0.4 is 19.5 Å². The highest BCUT2D eigenvalue weighted by atomic mass is 16.5. The molecule has 0 spiro atoms. The summed E-state index contributed by atoms with van der Waals surface area (Å²) in [6, 6.07) is 4.22. The minimum atomic E-state index is 0.223. The molecule has 1 unspecified atom stereocenters. The first-order chi connectivity index (χ1) is 9.82. The van der Waals surface area contributed by atoms with E-state index in [-0.39, 0.29) is 6.04 Å². The van der Waals surface area contributed by atoms with Crippen molar-refractivity contribution in [1.29, 1.82) is 0 Å². The molecule has 0 aromatic heterocycles. The molecule has 120 valence electrons. The molecule has 0 radical (unpaired) electrons. The van der Waals surface area contributed by atoms with Crippen LogP contribution in [0.1, 0.15) is 45.7 Å². The third kappa shape index (κ3) is 5.12. The Kier molecular flexibility index (Phi) is 6.34. The van der Waals surface area contributed by atoms with Gasteiger partial charge in [0.1, 0.15) is 0 Å². The Hall–Kier alpha value is -1.42. The van der Waals surface area contributed by atoms with Gasteiger partial charge >= 0.3 is 0 Å². The van der Waals surface area contributed by atoms with Crippen LogP contribution >= 0.6 is 0 Å². The van der Waals surface area contributed by atoms with Crippen molar-refractivity contribution in [1.82, 2.24) is 5.32 Å². The van der Waals surface area contributed by atoms with E-state index in [2.05, 4.69) is 33.0 Å². The maximum atomic E-state index is 5.40. The van der Waals surface area contributed by atoms with Crippen LogP contribution in [0.3, 0.4) is 0 Å². The van der Waals surface area contributed by atoms with Gasteiger partial charge in [0, 0.05) is 6.04 Å². The summed E-state index contributed by atoms with van der Waals surface area (Å²) >= 11 is 0. The van der Waals surface area contributed by atoms with E-state index in [1.165, 1.54) is 0 Å². The predicted molar refractivity (Wildman–Crippen MR) is 86.6 cm³/mol. The first kappa shape index (κ1) is 17.6. The molecular formula is C17H29NO3. The summed E-state index contributed by atoms with van der Waals surface area (Å²) in [5, 5.41) is 3.54. The Labute approximate surface area is 128 Å². The largest absolute Gasteiger partial charge is 0.493 e. The fraction of sp³-hybridized carbons (Fsp3) is 0.647. The van der Waals surface area contributed by atoms with Gasteiger partial charge in [0.15, 0.2) is 11.5 Å². The summed E-state index contributed by atoms with van der Waals surface area (Å²) in [4.78, 5) is 0. The number of hydrogen-bond acceptors (Lipinski definition) is 4. The zero-order valence-corrected chi connectivity index (χ0v) is 14.4. The molecule has 0 bridgehead atoms. The molecule has 0 saturated heterocycles. The van der Waals surface area contributed by atoms with Crippen molar-refractivity contribution in [3.63, 3.8) is 0 Å². The average Bonchev–Trinajstić information content (AvgIpc) is 2.43. The van der Waals surface area contributed by atoms with E-state index in [9.17, 15) is 0 Å². The van der Waals surface area contributed by atoms with Gasteiger partial charge in [0.05, 0.1) is 21.3 Å². The van der Waals surface area contributed by atoms with E-state index in [1.54, 1.807) is 21.3 Å². The fourth-order valence-corrected chi connectivity index (χ4v) is 2.13. The summed E-state index contributed by atoms with van der Waals surface area (Å²) in [7, 11) is 4.89. The molecule has 0 aliphatic rings. The number of rotatable bonds is 7. The van der Waals surface area contributed by atoms with Gasteiger partial charge in [0.25, 0.3) is 0 Å². The van der Waals surface area contributed by atoms with Gasteiger partial charge in [-0.1, -0.05) is 20.8 Å². The van der Waals surface area contributed by atoms with Crippen molar-refractivity contribution in [2.45, 2.75) is 40.2 Å². The van der Waals surface area contributed by atoms with Gasteiger partial charge < -0.3 is 19.5 Å². The summed E-state index contributed by atoms with van der Waals surface area (Å²) in [6.07, 6.45) is 1.13. The van der Waals surface area contributed by atoms with Gasteiger partial charge in [-0.25, -0.2) is 0 Å². The van der Waals surface area contributed by atoms with E-state index < -0.39 is 0 Å². The molecule has 1 aromatic carbocycles. The lowest BCUT2D eigenvalue weighted by Crippen LogP contribution is -2.23. The molecule has 0 aliphatic heterocycles. The molecule has 1 N–H and O–H groups in total. The third-order valence-corrected chi connectivity index (χ3v) is 3.51. The van der Waals surface area contributed by atoms with Gasteiger partial charge in [-0.2, -0.15) is 0 Å². The van der Waals surface area contributed by atoms with Crippen LogP contribution in [0, 0.1) is 5.41 Å². The number of methoxy groups -OCH3 is 3. The van der Waals surface area contributed by atoms with E-state index in [1.807, 2.05) is 12.1 Å². The van der Waals surface area contributed by atoms with Crippen molar-refractivity contribution in [3.8, 4) is 17.2 Å². The van der Waals surface area contributed by atoms with Crippen molar-refractivity contribution < 1.29 is 14.2 Å². The molecule has 21 heavy (non-hydrogen) atoms. The molecule has 1 atom stereocenters. The number of benzene rings is 1. The third-order valence-electron chi connectivity index (χ3n) is 3.51. The number of ether oxygens (including phenoxy) is 3. The topological polar surface area (TPSA) is 39.7 Å². The maximum Gasteiger partial charge on any atom is 0.203 e. The molecule has 0 heterocycles. The van der Waals surface area contributed by atoms with Gasteiger partial charge in [-0.3, -0.25) is 0 Å². The van der Waals surface area contributed by atoms with Crippen molar-refractivity contribution in [2.75, 3.05) is 27.9 Å². The minimum Gasteiger partial charge on any atom is -0.493 e. The van der Waals surface area contributed by atoms with Crippen molar-refractivity contribution >= 4 is 0 Å². The fourth-order valence-electron chi connectivity index (χ4n) is 2.13. The summed E-state index contributed by atoms with van der Waals surface area (Å²) < 4.78 is 16.1. The van der Waals surface area contributed by atoms with Crippen LogP contribution in [-0.4, -0.2) is 27.9 Å². The summed E-state index contributed by atoms with van der Waals surface area (Å²) in [6.45, 7) is 9.86. The van der Waals surface area contributed by atoms with Crippen LogP contribution in [0.4, 0.5) is 0 Å². The lowest BCUT2D eigenvalue weighted by molar-refractivity contribution is 0.322. The second kappa shape index (κ2) is 7.55. The summed E-state index contributed by atoms with van der Waals surface area (Å²) in [5.74, 6) is 2.01. The second-order valence-corrected chi connectivity index (χ2v) is 6.45. The van der Waals surface area contributed by atoms with Gasteiger partial charge in [-0.15, -0.1) is 0 Å². The zero-order chi connectivity index (χ0) is 16.0. The van der Waals surface area contributed by atoms with Crippen molar-refractivity contribution in [3.05, 3.63) is 17.7 Å². The maximum absolute atomic E-state index is 5.40. The van der Waals surface area contributed by atoms with E-state index in [4.69, 9.17) is 14.2 Å². The Morgan fingerprint density at radius 3 is 1.90 bits per heavy atom. The van der Waals surface area contributed by atoms with E-state index in [0.29, 0.717) is 22.7 Å². The van der Waals surface area contributed by atoms with Gasteiger partial charge in [-0.05, 0) is 43.0 Å². The standard InChI is InChI=1S/C17H29NO3/c1-12(18-9-8-17(2,3)4)13-10-14(19-5)16(21-7)15(11-13)20-6/h10-12,18H,8-9H2,1-7H3. The monoisotopic (exact) mass is 295 g/mol. The molecule has 0 saturated carbocycles. The predicted octanol–water partition coefficient (Wildman–Crippen LogP) is 3.80. The lowest BCUT2D eigenvalue weighted by atomic mass is 9.92. The van der Waals surface area contributed by atoms with Crippen LogP contribution in [0.15, 0.2) is 12.1 Å². The minimum absolute atomic E-state index is 0.223. The highest BCUT2D eigenvalue weighted by molar-refractivity contribution is 5.54.